The van der Waals surface area contributed by atoms with Crippen molar-refractivity contribution < 1.29 is 14.3 Å². The SMILES string of the molecule is COc1ccc2nc(N(CCCN3CCOCC3)C(=O)Cc3ccccc3Cl)sc2c1.Cl. The highest BCUT2D eigenvalue weighted by atomic mass is 35.5. The summed E-state index contributed by atoms with van der Waals surface area (Å²) in [6.45, 7) is 4.96. The highest BCUT2D eigenvalue weighted by Crippen LogP contribution is 2.32. The third kappa shape index (κ3) is 6.11. The number of fused-ring (bicyclic) bond motifs is 1. The lowest BCUT2D eigenvalue weighted by Gasteiger charge is -2.27. The van der Waals surface area contributed by atoms with Crippen LogP contribution in [0.15, 0.2) is 42.5 Å². The summed E-state index contributed by atoms with van der Waals surface area (Å²) in [6.07, 6.45) is 1.12. The van der Waals surface area contributed by atoms with E-state index < -0.39 is 0 Å². The average Bonchev–Trinajstić information content (AvgIpc) is 3.21. The molecule has 0 aliphatic carbocycles. The minimum absolute atomic E-state index is 0. The summed E-state index contributed by atoms with van der Waals surface area (Å²) >= 11 is 7.82. The molecule has 1 aromatic heterocycles. The molecule has 3 aromatic rings. The Morgan fingerprint density at radius 2 is 2.03 bits per heavy atom. The molecular formula is C23H27Cl2N3O3S. The summed E-state index contributed by atoms with van der Waals surface area (Å²) in [6, 6.07) is 13.3. The molecule has 0 atom stereocenters. The van der Waals surface area contributed by atoms with E-state index in [1.165, 1.54) is 11.3 Å². The summed E-state index contributed by atoms with van der Waals surface area (Å²) in [5.41, 5.74) is 1.69. The zero-order valence-electron chi connectivity index (χ0n) is 18.0. The fraction of sp³-hybridized carbons (Fsp3) is 0.391. The number of carbonyl (C=O) groups is 1. The van der Waals surface area contributed by atoms with E-state index in [1.54, 1.807) is 12.0 Å². The maximum Gasteiger partial charge on any atom is 0.233 e. The van der Waals surface area contributed by atoms with Crippen LogP contribution < -0.4 is 9.64 Å². The smallest absolute Gasteiger partial charge is 0.233 e. The molecule has 0 saturated carbocycles. The van der Waals surface area contributed by atoms with Crippen molar-refractivity contribution in [1.29, 1.82) is 0 Å². The maximum atomic E-state index is 13.3. The minimum Gasteiger partial charge on any atom is -0.497 e. The summed E-state index contributed by atoms with van der Waals surface area (Å²) in [5, 5.41) is 1.32. The first-order valence-corrected chi connectivity index (χ1v) is 11.6. The van der Waals surface area contributed by atoms with Gasteiger partial charge in [0.2, 0.25) is 5.91 Å². The number of amides is 1. The molecule has 1 fully saturated rings. The van der Waals surface area contributed by atoms with Gasteiger partial charge >= 0.3 is 0 Å². The largest absolute Gasteiger partial charge is 0.497 e. The maximum absolute atomic E-state index is 13.3. The number of hydrogen-bond donors (Lipinski definition) is 0. The second-order valence-electron chi connectivity index (χ2n) is 7.45. The summed E-state index contributed by atoms with van der Waals surface area (Å²) in [5.74, 6) is 0.782. The number of methoxy groups -OCH3 is 1. The lowest BCUT2D eigenvalue weighted by Crippen LogP contribution is -2.39. The van der Waals surface area contributed by atoms with E-state index in [4.69, 9.17) is 26.1 Å². The average molecular weight is 496 g/mol. The number of thiazole rings is 1. The highest BCUT2D eigenvalue weighted by Gasteiger charge is 2.21. The summed E-state index contributed by atoms with van der Waals surface area (Å²) in [7, 11) is 1.65. The van der Waals surface area contributed by atoms with Gasteiger partial charge in [0.05, 0.1) is 37.0 Å². The monoisotopic (exact) mass is 495 g/mol. The number of ether oxygens (including phenoxy) is 2. The van der Waals surface area contributed by atoms with Crippen molar-refractivity contribution in [3.63, 3.8) is 0 Å². The van der Waals surface area contributed by atoms with Crippen molar-refractivity contribution in [2.24, 2.45) is 0 Å². The molecule has 0 N–H and O–H groups in total. The van der Waals surface area contributed by atoms with Gasteiger partial charge in [0.25, 0.3) is 0 Å². The third-order valence-corrected chi connectivity index (χ3v) is 6.79. The molecule has 6 nitrogen and oxygen atoms in total. The van der Waals surface area contributed by atoms with E-state index in [-0.39, 0.29) is 24.7 Å². The first-order chi connectivity index (χ1) is 15.1. The van der Waals surface area contributed by atoms with Crippen LogP contribution in [0.2, 0.25) is 5.02 Å². The lowest BCUT2D eigenvalue weighted by molar-refractivity contribution is -0.118. The molecule has 2 heterocycles. The number of anilines is 1. The molecule has 4 rings (SSSR count). The molecule has 1 amide bonds. The normalized spacial score (nSPS) is 14.2. The Bertz CT molecular complexity index is 1040. The molecule has 1 aliphatic heterocycles. The number of morpholine rings is 1. The van der Waals surface area contributed by atoms with E-state index in [2.05, 4.69) is 4.90 Å². The van der Waals surface area contributed by atoms with Crippen LogP contribution in [0, 0.1) is 0 Å². The third-order valence-electron chi connectivity index (χ3n) is 5.38. The summed E-state index contributed by atoms with van der Waals surface area (Å²) in [4.78, 5) is 22.2. The van der Waals surface area contributed by atoms with Crippen LogP contribution in [0.25, 0.3) is 10.2 Å². The van der Waals surface area contributed by atoms with E-state index in [0.29, 0.717) is 16.7 Å². The van der Waals surface area contributed by atoms with Crippen LogP contribution in [-0.4, -0.2) is 62.3 Å². The van der Waals surface area contributed by atoms with Crippen LogP contribution in [0.4, 0.5) is 5.13 Å². The molecule has 9 heteroatoms. The number of hydrogen-bond acceptors (Lipinski definition) is 6. The van der Waals surface area contributed by atoms with Gasteiger partial charge in [0.1, 0.15) is 5.75 Å². The predicted octanol–water partition coefficient (Wildman–Crippen LogP) is 4.68. The Kier molecular flexibility index (Phi) is 9.13. The van der Waals surface area contributed by atoms with Crippen molar-refractivity contribution in [2.45, 2.75) is 12.8 Å². The molecule has 1 saturated heterocycles. The Balaban J connectivity index is 0.00000289. The number of carbonyl (C=O) groups excluding carboxylic acids is 1. The predicted molar refractivity (Wildman–Crippen MR) is 133 cm³/mol. The standard InChI is InChI=1S/C23H26ClN3O3S.ClH/c1-29-18-7-8-20-21(16-18)31-23(25-20)27(10-4-9-26-11-13-30-14-12-26)22(28)15-17-5-2-3-6-19(17)24;/h2-3,5-8,16H,4,9-15H2,1H3;1H. The van der Waals surface area contributed by atoms with E-state index >= 15 is 0 Å². The van der Waals surface area contributed by atoms with Crippen molar-refractivity contribution in [2.75, 3.05) is 51.4 Å². The molecule has 0 bridgehead atoms. The number of rotatable bonds is 8. The number of halogens is 2. The van der Waals surface area contributed by atoms with Gasteiger partial charge in [-0.3, -0.25) is 14.6 Å². The van der Waals surface area contributed by atoms with E-state index in [0.717, 1.165) is 60.8 Å². The second-order valence-corrected chi connectivity index (χ2v) is 8.87. The quantitative estimate of drug-likeness (QED) is 0.454. The summed E-state index contributed by atoms with van der Waals surface area (Å²) < 4.78 is 11.8. The van der Waals surface area contributed by atoms with Gasteiger partial charge in [0.15, 0.2) is 5.13 Å². The lowest BCUT2D eigenvalue weighted by atomic mass is 10.1. The van der Waals surface area contributed by atoms with Gasteiger partial charge in [0, 0.05) is 31.2 Å². The molecule has 32 heavy (non-hydrogen) atoms. The Labute approximate surface area is 203 Å². The fourth-order valence-electron chi connectivity index (χ4n) is 3.64. The van der Waals surface area contributed by atoms with Crippen molar-refractivity contribution in [1.82, 2.24) is 9.88 Å². The highest BCUT2D eigenvalue weighted by molar-refractivity contribution is 7.22. The molecule has 0 unspecified atom stereocenters. The Hall–Kier alpha value is -1.90. The first-order valence-electron chi connectivity index (χ1n) is 10.4. The van der Waals surface area contributed by atoms with Crippen LogP contribution in [0.1, 0.15) is 12.0 Å². The molecule has 1 aliphatic rings. The molecule has 172 valence electrons. The number of nitrogens with zero attached hydrogens (tertiary/aromatic N) is 3. The van der Waals surface area contributed by atoms with Crippen molar-refractivity contribution in [3.8, 4) is 5.75 Å². The van der Waals surface area contributed by atoms with Gasteiger partial charge in [-0.25, -0.2) is 4.98 Å². The van der Waals surface area contributed by atoms with E-state index in [9.17, 15) is 4.79 Å². The van der Waals surface area contributed by atoms with Crippen molar-refractivity contribution >= 4 is 56.6 Å². The minimum atomic E-state index is 0. The van der Waals surface area contributed by atoms with Gasteiger partial charge in [-0.15, -0.1) is 12.4 Å². The fourth-order valence-corrected chi connectivity index (χ4v) is 4.88. The Morgan fingerprint density at radius 1 is 1.25 bits per heavy atom. The van der Waals surface area contributed by atoms with Crippen LogP contribution >= 0.6 is 35.3 Å². The molecule has 2 aromatic carbocycles. The van der Waals surface area contributed by atoms with Gasteiger partial charge in [-0.2, -0.15) is 0 Å². The zero-order valence-corrected chi connectivity index (χ0v) is 20.3. The van der Waals surface area contributed by atoms with Crippen LogP contribution in [0.5, 0.6) is 5.75 Å². The second kappa shape index (κ2) is 11.8. The number of benzene rings is 2. The van der Waals surface area contributed by atoms with Gasteiger partial charge in [-0.05, 0) is 36.2 Å². The van der Waals surface area contributed by atoms with Gasteiger partial charge in [-0.1, -0.05) is 41.1 Å². The molecule has 0 spiro atoms. The van der Waals surface area contributed by atoms with Crippen LogP contribution in [0.3, 0.4) is 0 Å². The van der Waals surface area contributed by atoms with E-state index in [1.807, 2.05) is 42.5 Å². The van der Waals surface area contributed by atoms with Crippen LogP contribution in [-0.2, 0) is 16.0 Å². The number of aromatic nitrogens is 1. The zero-order chi connectivity index (χ0) is 21.6. The van der Waals surface area contributed by atoms with Crippen molar-refractivity contribution in [3.05, 3.63) is 53.1 Å². The first kappa shape index (κ1) is 24.7. The molecular weight excluding hydrogens is 469 g/mol. The topological polar surface area (TPSA) is 54.9 Å². The van der Waals surface area contributed by atoms with Gasteiger partial charge < -0.3 is 9.47 Å². The Morgan fingerprint density at radius 3 is 2.78 bits per heavy atom. The molecule has 0 radical (unpaired) electrons.